The zero-order valence-corrected chi connectivity index (χ0v) is 38.3. The Labute approximate surface area is 416 Å². The molecule has 6 heteroatoms. The molecular formula is C64H45N5O. The Kier molecular flexibility index (Phi) is 7.12. The second kappa shape index (κ2) is 15.3. The van der Waals surface area contributed by atoms with Gasteiger partial charge in [-0.05, 0) is 111 Å². The Morgan fingerprint density at radius 1 is 0.500 bits per heavy atom. The number of ether oxygens (including phenoxy) is 1. The number of aromatic nitrogens is 5. The molecule has 70 heavy (non-hydrogen) atoms. The number of para-hydroxylation sites is 5. The van der Waals surface area contributed by atoms with E-state index in [9.17, 15) is 5.48 Å². The van der Waals surface area contributed by atoms with Crippen molar-refractivity contribution >= 4 is 54.6 Å². The van der Waals surface area contributed by atoms with Gasteiger partial charge in [0.25, 0.3) is 6.33 Å². The fraction of sp³-hybridized carbons (Fsp3) is 0.0625. The SMILES string of the molecule is [2H]c1c([2H])c([2H])c2c(c1[2H])-c1cccc(-n3c4ccccc4c4ccccc43)c1-[n+]1[c-]n(-c3cccc(Oc4ccc5c6ccccc6n(-c6cc(C(C)(C)C)ccn6)c5c4)c3)c3cccc(c31)-c1c([2H])c([2H])c([2H])c([2H])c1-2. The van der Waals surface area contributed by atoms with Crippen LogP contribution in [0.5, 0.6) is 11.5 Å². The van der Waals surface area contributed by atoms with Gasteiger partial charge in [-0.15, -0.1) is 0 Å². The van der Waals surface area contributed by atoms with E-state index in [2.05, 4.69) is 90.8 Å². The Morgan fingerprint density at radius 3 is 1.74 bits per heavy atom. The van der Waals surface area contributed by atoms with Crippen LogP contribution in [0.4, 0.5) is 0 Å². The Balaban J connectivity index is 1.04. The van der Waals surface area contributed by atoms with Crippen molar-refractivity contribution in [3.8, 4) is 67.8 Å². The van der Waals surface area contributed by atoms with Crippen LogP contribution in [0.15, 0.2) is 218 Å². The Morgan fingerprint density at radius 2 is 1.06 bits per heavy atom. The van der Waals surface area contributed by atoms with E-state index in [-0.39, 0.29) is 39.8 Å². The maximum atomic E-state index is 9.74. The summed E-state index contributed by atoms with van der Waals surface area (Å²) in [6.07, 6.45) is 5.59. The van der Waals surface area contributed by atoms with Crippen LogP contribution in [0.1, 0.15) is 37.3 Å². The summed E-state index contributed by atoms with van der Waals surface area (Å²) in [7, 11) is 0. The van der Waals surface area contributed by atoms with Crippen LogP contribution < -0.4 is 9.30 Å². The second-order valence-corrected chi connectivity index (χ2v) is 18.8. The second-order valence-electron chi connectivity index (χ2n) is 18.8. The van der Waals surface area contributed by atoms with Crippen molar-refractivity contribution in [3.63, 3.8) is 0 Å². The number of hydrogen-bond acceptors (Lipinski definition) is 2. The van der Waals surface area contributed by atoms with Gasteiger partial charge in [-0.1, -0.05) is 160 Å². The van der Waals surface area contributed by atoms with E-state index in [0.717, 1.165) is 49.4 Å². The first-order valence-corrected chi connectivity index (χ1v) is 23.3. The monoisotopic (exact) mass is 907 g/mol. The molecule has 332 valence electrons. The highest BCUT2D eigenvalue weighted by atomic mass is 16.5. The maximum Gasteiger partial charge on any atom is 0.269 e. The standard InChI is InChI=1S/C64H45N5O/c1-64(2,3)41-35-36-65-61(37-41)69-57-30-13-10-25-51(57)52-34-33-44(39-60(52)69)70-43-18-14-17-42(38-43)66-40-67-62-53(26-15-31-58(62)66)47-21-6-4-19-45(47)46-20-5-7-22-48(46)54-27-16-32-59(63(54)67)68-55-28-11-8-23-49(55)50-24-9-12-29-56(50)68/h4-39H,1-3H3/i4D,5D,6D,7D,19D,20D,21D,22D. The summed E-state index contributed by atoms with van der Waals surface area (Å²) in [5.74, 6) is 1.95. The number of pyridine rings is 1. The van der Waals surface area contributed by atoms with E-state index in [0.29, 0.717) is 50.7 Å². The predicted octanol–water partition coefficient (Wildman–Crippen LogP) is 15.7. The van der Waals surface area contributed by atoms with Crippen LogP contribution in [-0.2, 0) is 5.41 Å². The summed E-state index contributed by atoms with van der Waals surface area (Å²) in [6, 6.07) is 50.2. The lowest BCUT2D eigenvalue weighted by molar-refractivity contribution is -0.571. The molecule has 0 bridgehead atoms. The van der Waals surface area contributed by atoms with Crippen LogP contribution in [0, 0.1) is 6.33 Å². The number of imidazole rings is 1. The third kappa shape index (κ3) is 6.06. The minimum absolute atomic E-state index is 0.0302. The minimum Gasteiger partial charge on any atom is -0.458 e. The van der Waals surface area contributed by atoms with E-state index >= 15 is 0 Å². The predicted molar refractivity (Wildman–Crippen MR) is 285 cm³/mol. The van der Waals surface area contributed by atoms with E-state index in [4.69, 9.17) is 15.2 Å². The van der Waals surface area contributed by atoms with Gasteiger partial charge in [0.15, 0.2) is 0 Å². The van der Waals surface area contributed by atoms with E-state index in [1.165, 1.54) is 5.56 Å². The molecule has 0 radical (unpaired) electrons. The molecule has 0 fully saturated rings. The molecule has 14 rings (SSSR count). The zero-order chi connectivity index (χ0) is 53.6. The lowest BCUT2D eigenvalue weighted by Gasteiger charge is -2.20. The van der Waals surface area contributed by atoms with Gasteiger partial charge in [0, 0.05) is 33.8 Å². The molecule has 0 unspecified atom stereocenters. The summed E-state index contributed by atoms with van der Waals surface area (Å²) in [5.41, 5.74) is 8.73. The summed E-state index contributed by atoms with van der Waals surface area (Å²) < 4.78 is 89.8. The van der Waals surface area contributed by atoms with Crippen molar-refractivity contribution in [2.75, 3.05) is 0 Å². The van der Waals surface area contributed by atoms with Crippen molar-refractivity contribution in [2.45, 2.75) is 26.2 Å². The molecule has 0 amide bonds. The number of nitrogens with zero attached hydrogens (tertiary/aromatic N) is 5. The van der Waals surface area contributed by atoms with Gasteiger partial charge in [0.05, 0.1) is 61.1 Å². The average Bonchev–Trinajstić information content (AvgIpc) is 4.15. The lowest BCUT2D eigenvalue weighted by atomic mass is 9.88. The highest BCUT2D eigenvalue weighted by Gasteiger charge is 2.28. The van der Waals surface area contributed by atoms with Gasteiger partial charge in [0.2, 0.25) is 0 Å². The molecular weight excluding hydrogens is 855 g/mol. The molecule has 4 aromatic heterocycles. The van der Waals surface area contributed by atoms with Crippen LogP contribution in [-0.4, -0.2) is 18.7 Å². The van der Waals surface area contributed by atoms with Crippen LogP contribution in [0.3, 0.4) is 0 Å². The van der Waals surface area contributed by atoms with Gasteiger partial charge in [-0.3, -0.25) is 13.7 Å². The Bertz CT molecular complexity index is 4710. The molecule has 0 N–H and O–H groups in total. The van der Waals surface area contributed by atoms with Crippen molar-refractivity contribution in [2.24, 2.45) is 0 Å². The van der Waals surface area contributed by atoms with Crippen LogP contribution in [0.25, 0.3) is 111 Å². The van der Waals surface area contributed by atoms with E-state index < -0.39 is 36.3 Å². The molecule has 9 aromatic carbocycles. The topological polar surface area (TPSA) is 40.8 Å². The zero-order valence-electron chi connectivity index (χ0n) is 46.3. The van der Waals surface area contributed by atoms with Crippen molar-refractivity contribution in [3.05, 3.63) is 230 Å². The largest absolute Gasteiger partial charge is 0.458 e. The molecule has 0 spiro atoms. The molecule has 13 aromatic rings. The molecule has 6 nitrogen and oxygen atoms in total. The highest BCUT2D eigenvalue weighted by Crippen LogP contribution is 2.45. The molecule has 0 atom stereocenters. The molecule has 0 saturated heterocycles. The van der Waals surface area contributed by atoms with E-state index in [1.807, 2.05) is 118 Å². The van der Waals surface area contributed by atoms with Crippen molar-refractivity contribution < 1.29 is 20.3 Å². The minimum atomic E-state index is -0.524. The van der Waals surface area contributed by atoms with Gasteiger partial charge >= 0.3 is 0 Å². The number of fused-ring (bicyclic) bond motifs is 13. The average molecular weight is 908 g/mol. The van der Waals surface area contributed by atoms with Crippen LogP contribution >= 0.6 is 0 Å². The fourth-order valence-electron chi connectivity index (χ4n) is 10.5. The number of benzene rings is 9. The maximum absolute atomic E-state index is 9.74. The lowest BCUT2D eigenvalue weighted by Crippen LogP contribution is -2.32. The van der Waals surface area contributed by atoms with Gasteiger partial charge in [-0.25, -0.2) is 4.98 Å². The van der Waals surface area contributed by atoms with Crippen LogP contribution in [0.2, 0.25) is 0 Å². The van der Waals surface area contributed by atoms with Gasteiger partial charge in [0.1, 0.15) is 17.3 Å². The first-order valence-electron chi connectivity index (χ1n) is 27.3. The molecule has 1 aliphatic heterocycles. The molecule has 0 saturated carbocycles. The smallest absolute Gasteiger partial charge is 0.269 e. The molecule has 5 heterocycles. The fourth-order valence-corrected chi connectivity index (χ4v) is 10.5. The van der Waals surface area contributed by atoms with E-state index in [1.54, 1.807) is 6.07 Å². The summed E-state index contributed by atoms with van der Waals surface area (Å²) >= 11 is 0. The van der Waals surface area contributed by atoms with Crippen molar-refractivity contribution in [1.29, 1.82) is 0 Å². The summed E-state index contributed by atoms with van der Waals surface area (Å²) in [5, 5.41) is 4.17. The third-order valence-corrected chi connectivity index (χ3v) is 13.7. The van der Waals surface area contributed by atoms with Gasteiger partial charge in [-0.2, -0.15) is 0 Å². The number of hydrogen-bond donors (Lipinski definition) is 0. The first kappa shape index (κ1) is 32.7. The van der Waals surface area contributed by atoms with Crippen molar-refractivity contribution in [1.82, 2.24) is 18.7 Å². The third-order valence-electron chi connectivity index (χ3n) is 13.7. The molecule has 0 aliphatic carbocycles. The molecule has 1 aliphatic rings. The Hall–Kier alpha value is -9.00. The summed E-state index contributed by atoms with van der Waals surface area (Å²) in [6.45, 7) is 6.58. The number of rotatable bonds is 5. The highest BCUT2D eigenvalue weighted by molar-refractivity contribution is 6.11. The quantitative estimate of drug-likeness (QED) is 0.128. The normalized spacial score (nSPS) is 13.8. The summed E-state index contributed by atoms with van der Waals surface area (Å²) in [4.78, 5) is 4.87. The van der Waals surface area contributed by atoms with Gasteiger partial charge < -0.3 is 9.30 Å². The first-order chi connectivity index (χ1) is 37.7.